The van der Waals surface area contributed by atoms with Gasteiger partial charge < -0.3 is 20.6 Å². The van der Waals surface area contributed by atoms with Crippen LogP contribution >= 0.6 is 11.6 Å². The average molecular weight is 435 g/mol. The Morgan fingerprint density at radius 3 is 2.71 bits per heavy atom. The Labute approximate surface area is 182 Å². The van der Waals surface area contributed by atoms with Gasteiger partial charge in [0.2, 0.25) is 0 Å². The monoisotopic (exact) mass is 434 g/mol. The number of rotatable bonds is 6. The van der Waals surface area contributed by atoms with Crippen molar-refractivity contribution in [3.8, 4) is 34.0 Å². The van der Waals surface area contributed by atoms with E-state index in [0.717, 1.165) is 12.1 Å². The normalized spacial score (nSPS) is 13.5. The molecule has 0 spiro atoms. The van der Waals surface area contributed by atoms with Crippen LogP contribution in [0.5, 0.6) is 0 Å². The van der Waals surface area contributed by atoms with E-state index in [4.69, 9.17) is 21.9 Å². The molecule has 156 valence electrons. The SMILES string of the molecule is Nc1ncc(-c2c[nH]c(=O)c(Cl)c2)nc1-c1cc(-c2ccc(CNC3CC3)cc2)no1. The van der Waals surface area contributed by atoms with Crippen LogP contribution in [-0.2, 0) is 6.54 Å². The summed E-state index contributed by atoms with van der Waals surface area (Å²) < 4.78 is 5.51. The number of nitrogen functional groups attached to an aromatic ring is 1. The molecule has 3 aromatic heterocycles. The maximum Gasteiger partial charge on any atom is 0.266 e. The lowest BCUT2D eigenvalue weighted by molar-refractivity contribution is 0.434. The summed E-state index contributed by atoms with van der Waals surface area (Å²) in [5.41, 5.74) is 9.95. The Hall–Kier alpha value is -3.49. The fraction of sp³-hybridized carbons (Fsp3) is 0.182. The van der Waals surface area contributed by atoms with Gasteiger partial charge in [0.25, 0.3) is 5.56 Å². The number of pyridine rings is 1. The summed E-state index contributed by atoms with van der Waals surface area (Å²) in [5.74, 6) is 0.611. The smallest absolute Gasteiger partial charge is 0.266 e. The summed E-state index contributed by atoms with van der Waals surface area (Å²) in [4.78, 5) is 22.8. The topological polar surface area (TPSA) is 123 Å². The maximum atomic E-state index is 11.5. The summed E-state index contributed by atoms with van der Waals surface area (Å²) in [6, 6.07) is 12.2. The fourth-order valence-electron chi connectivity index (χ4n) is 3.19. The first kappa shape index (κ1) is 19.5. The number of nitrogens with one attached hydrogen (secondary N) is 2. The molecule has 5 rings (SSSR count). The van der Waals surface area contributed by atoms with Gasteiger partial charge in [0.1, 0.15) is 10.7 Å². The minimum atomic E-state index is -0.372. The molecule has 0 atom stereocenters. The lowest BCUT2D eigenvalue weighted by atomic mass is 10.1. The Kier molecular flexibility index (Phi) is 5.01. The van der Waals surface area contributed by atoms with Gasteiger partial charge in [-0.05, 0) is 24.5 Å². The van der Waals surface area contributed by atoms with Crippen LogP contribution in [0, 0.1) is 0 Å². The standard InChI is InChI=1S/C22H19ClN6O2/c23-16-7-14(10-27-22(16)30)18-11-26-21(24)20(28-18)19-8-17(29-31-19)13-3-1-12(2-4-13)9-25-15-5-6-15/h1-4,7-8,10-11,15,25H,5-6,9H2,(H2,24,26)(H,27,30). The molecule has 4 aromatic rings. The molecule has 1 aliphatic rings. The molecule has 0 unspecified atom stereocenters. The second-order valence-corrected chi connectivity index (χ2v) is 7.89. The highest BCUT2D eigenvalue weighted by Crippen LogP contribution is 2.30. The van der Waals surface area contributed by atoms with E-state index in [1.165, 1.54) is 36.9 Å². The van der Waals surface area contributed by atoms with Crippen molar-refractivity contribution in [2.75, 3.05) is 5.73 Å². The van der Waals surface area contributed by atoms with Crippen molar-refractivity contribution in [2.45, 2.75) is 25.4 Å². The Morgan fingerprint density at radius 2 is 1.97 bits per heavy atom. The molecule has 0 amide bonds. The number of anilines is 1. The number of H-pyrrole nitrogens is 1. The molecule has 4 N–H and O–H groups in total. The first-order valence-corrected chi connectivity index (χ1v) is 10.3. The quantitative estimate of drug-likeness (QED) is 0.423. The summed E-state index contributed by atoms with van der Waals surface area (Å²) in [6.07, 6.45) is 5.56. The van der Waals surface area contributed by atoms with Crippen LogP contribution in [0.3, 0.4) is 0 Å². The van der Waals surface area contributed by atoms with Crippen LogP contribution in [0.4, 0.5) is 5.82 Å². The van der Waals surface area contributed by atoms with Crippen LogP contribution in [0.15, 0.2) is 58.1 Å². The minimum Gasteiger partial charge on any atom is -0.382 e. The third kappa shape index (κ3) is 4.21. The largest absolute Gasteiger partial charge is 0.382 e. The number of nitrogens with zero attached hydrogens (tertiary/aromatic N) is 3. The summed E-state index contributed by atoms with van der Waals surface area (Å²) in [7, 11) is 0. The molecular weight excluding hydrogens is 416 g/mol. The molecule has 0 radical (unpaired) electrons. The molecule has 31 heavy (non-hydrogen) atoms. The van der Waals surface area contributed by atoms with Gasteiger partial charge >= 0.3 is 0 Å². The number of benzene rings is 1. The maximum absolute atomic E-state index is 11.5. The third-order valence-corrected chi connectivity index (χ3v) is 5.40. The zero-order valence-electron chi connectivity index (χ0n) is 16.4. The lowest BCUT2D eigenvalue weighted by Crippen LogP contribution is -2.14. The molecule has 0 saturated heterocycles. The van der Waals surface area contributed by atoms with E-state index in [0.29, 0.717) is 34.4 Å². The zero-order valence-corrected chi connectivity index (χ0v) is 17.2. The molecule has 1 fully saturated rings. The number of hydrogen-bond donors (Lipinski definition) is 3. The highest BCUT2D eigenvalue weighted by molar-refractivity contribution is 6.30. The first-order chi connectivity index (χ1) is 15.1. The number of hydrogen-bond acceptors (Lipinski definition) is 7. The number of nitrogens with two attached hydrogens (primary N) is 1. The van der Waals surface area contributed by atoms with Gasteiger partial charge in [-0.2, -0.15) is 0 Å². The molecule has 8 nitrogen and oxygen atoms in total. The number of aromatic amines is 1. The highest BCUT2D eigenvalue weighted by atomic mass is 35.5. The van der Waals surface area contributed by atoms with Crippen molar-refractivity contribution in [3.05, 3.63) is 69.7 Å². The van der Waals surface area contributed by atoms with Gasteiger partial charge in [0.05, 0.1) is 11.9 Å². The van der Waals surface area contributed by atoms with Crippen LogP contribution in [0.2, 0.25) is 5.02 Å². The zero-order chi connectivity index (χ0) is 21.4. The number of halogens is 1. The average Bonchev–Trinajstić information content (AvgIpc) is 3.49. The highest BCUT2D eigenvalue weighted by Gasteiger charge is 2.20. The van der Waals surface area contributed by atoms with Crippen molar-refractivity contribution >= 4 is 17.4 Å². The molecular formula is C22H19ClN6O2. The van der Waals surface area contributed by atoms with Gasteiger partial charge in [-0.15, -0.1) is 0 Å². The van der Waals surface area contributed by atoms with Crippen LogP contribution in [0.25, 0.3) is 34.0 Å². The Balaban J connectivity index is 1.41. The third-order valence-electron chi connectivity index (χ3n) is 5.12. The molecule has 1 saturated carbocycles. The van der Waals surface area contributed by atoms with E-state index in [1.54, 1.807) is 6.07 Å². The van der Waals surface area contributed by atoms with E-state index in [9.17, 15) is 4.79 Å². The molecule has 0 aliphatic heterocycles. The fourth-order valence-corrected chi connectivity index (χ4v) is 3.36. The van der Waals surface area contributed by atoms with Gasteiger partial charge in [-0.25, -0.2) is 9.97 Å². The molecule has 1 aromatic carbocycles. The molecule has 3 heterocycles. The second kappa shape index (κ2) is 7.98. The van der Waals surface area contributed by atoms with Crippen LogP contribution in [-0.4, -0.2) is 26.2 Å². The summed E-state index contributed by atoms with van der Waals surface area (Å²) >= 11 is 5.92. The first-order valence-electron chi connectivity index (χ1n) is 9.88. The van der Waals surface area contributed by atoms with Crippen LogP contribution < -0.4 is 16.6 Å². The molecule has 1 aliphatic carbocycles. The second-order valence-electron chi connectivity index (χ2n) is 7.48. The lowest BCUT2D eigenvalue weighted by Gasteiger charge is -2.05. The predicted octanol–water partition coefficient (Wildman–Crippen LogP) is 3.64. The van der Waals surface area contributed by atoms with Crippen molar-refractivity contribution in [1.29, 1.82) is 0 Å². The van der Waals surface area contributed by atoms with Crippen LogP contribution in [0.1, 0.15) is 18.4 Å². The van der Waals surface area contributed by atoms with Gasteiger partial charge in [0, 0.05) is 36.0 Å². The van der Waals surface area contributed by atoms with Crippen molar-refractivity contribution < 1.29 is 4.52 Å². The number of aromatic nitrogens is 4. The van der Waals surface area contributed by atoms with E-state index in [1.807, 2.05) is 12.1 Å². The van der Waals surface area contributed by atoms with Crippen molar-refractivity contribution in [1.82, 2.24) is 25.4 Å². The molecule has 9 heteroatoms. The van der Waals surface area contributed by atoms with Gasteiger partial charge in [-0.1, -0.05) is 41.0 Å². The van der Waals surface area contributed by atoms with Crippen molar-refractivity contribution in [3.63, 3.8) is 0 Å². The van der Waals surface area contributed by atoms with Gasteiger partial charge in [-0.3, -0.25) is 4.79 Å². The van der Waals surface area contributed by atoms with Crippen molar-refractivity contribution in [2.24, 2.45) is 0 Å². The Morgan fingerprint density at radius 1 is 1.16 bits per heavy atom. The predicted molar refractivity (Wildman–Crippen MR) is 118 cm³/mol. The summed E-state index contributed by atoms with van der Waals surface area (Å²) in [6.45, 7) is 0.864. The Bertz CT molecular complexity index is 1290. The van der Waals surface area contributed by atoms with E-state index < -0.39 is 0 Å². The summed E-state index contributed by atoms with van der Waals surface area (Å²) in [5, 5.41) is 7.73. The van der Waals surface area contributed by atoms with Gasteiger partial charge in [0.15, 0.2) is 17.3 Å². The van der Waals surface area contributed by atoms with E-state index >= 15 is 0 Å². The van der Waals surface area contributed by atoms with E-state index in [-0.39, 0.29) is 16.4 Å². The molecule has 0 bridgehead atoms. The minimum absolute atomic E-state index is 0.0652. The van der Waals surface area contributed by atoms with E-state index in [2.05, 4.69) is 37.6 Å².